The van der Waals surface area contributed by atoms with Gasteiger partial charge in [0.25, 0.3) is 0 Å². The lowest BCUT2D eigenvalue weighted by atomic mass is 10.0. The van der Waals surface area contributed by atoms with Crippen LogP contribution in [0.25, 0.3) is 0 Å². The summed E-state index contributed by atoms with van der Waals surface area (Å²) in [6, 6.07) is 0.535. The molecule has 0 spiro atoms. The molecule has 0 aromatic carbocycles. The van der Waals surface area contributed by atoms with Gasteiger partial charge in [-0.1, -0.05) is 38.5 Å². The molecule has 3 atom stereocenters. The molecule has 1 aliphatic heterocycles. The highest BCUT2D eigenvalue weighted by atomic mass is 28.3. The third kappa shape index (κ3) is 5.89. The number of hydroxylamine groups is 1. The monoisotopic (exact) mass is 298 g/mol. The summed E-state index contributed by atoms with van der Waals surface area (Å²) in [6.07, 6.45) is 3.95. The van der Waals surface area contributed by atoms with E-state index in [1.54, 1.807) is 6.08 Å². The molecule has 0 aromatic rings. The van der Waals surface area contributed by atoms with Crippen molar-refractivity contribution in [2.24, 2.45) is 0 Å². The molecule has 5 heteroatoms. The van der Waals surface area contributed by atoms with Gasteiger partial charge in [0.05, 0.1) is 25.3 Å². The zero-order valence-corrected chi connectivity index (χ0v) is 14.7. The third-order valence-electron chi connectivity index (χ3n) is 3.77. The molecule has 116 valence electrons. The Hall–Kier alpha value is -0.463. The van der Waals surface area contributed by atoms with Gasteiger partial charge >= 0.3 is 0 Å². The van der Waals surface area contributed by atoms with Crippen LogP contribution in [0, 0.1) is 0 Å². The van der Waals surface area contributed by atoms with Crippen molar-refractivity contribution in [3.05, 3.63) is 24.3 Å². The van der Waals surface area contributed by atoms with Crippen LogP contribution in [-0.4, -0.2) is 40.9 Å². The number of hydrogen-bond acceptors (Lipinski definition) is 4. The second-order valence-electron chi connectivity index (χ2n) is 6.54. The first-order valence-corrected chi connectivity index (χ1v) is 9.56. The van der Waals surface area contributed by atoms with Gasteiger partial charge in [0.15, 0.2) is 9.04 Å². The van der Waals surface area contributed by atoms with E-state index in [2.05, 4.69) is 57.7 Å². The maximum Gasteiger partial charge on any atom is 0.179 e. The number of rotatable bonds is 7. The second kappa shape index (κ2) is 8.10. The normalized spacial score (nSPS) is 25.1. The Morgan fingerprint density at radius 3 is 2.80 bits per heavy atom. The maximum atomic E-state index is 6.12. The molecule has 1 aliphatic rings. The van der Waals surface area contributed by atoms with Gasteiger partial charge in [-0.3, -0.25) is 4.84 Å². The smallest absolute Gasteiger partial charge is 0.179 e. The van der Waals surface area contributed by atoms with Gasteiger partial charge in [-0.2, -0.15) is 5.48 Å². The number of hydrogen-bond donors (Lipinski definition) is 2. The van der Waals surface area contributed by atoms with Gasteiger partial charge in [-0.05, 0) is 18.5 Å². The van der Waals surface area contributed by atoms with Crippen molar-refractivity contribution in [2.75, 3.05) is 19.8 Å². The Labute approximate surface area is 125 Å². The zero-order chi connectivity index (χ0) is 15.2. The molecule has 1 heterocycles. The molecule has 0 radical (unpaired) electrons. The Morgan fingerprint density at radius 2 is 2.25 bits per heavy atom. The van der Waals surface area contributed by atoms with Gasteiger partial charge in [0, 0.05) is 6.54 Å². The molecule has 0 amide bonds. The summed E-state index contributed by atoms with van der Waals surface area (Å²) in [5, 5.41) is 3.83. The summed E-state index contributed by atoms with van der Waals surface area (Å²) >= 11 is 0. The fourth-order valence-electron chi connectivity index (χ4n) is 1.89. The molecule has 1 unspecified atom stereocenters. The summed E-state index contributed by atoms with van der Waals surface area (Å²) in [7, 11) is -1.15. The van der Waals surface area contributed by atoms with E-state index in [0.717, 1.165) is 13.2 Å². The summed E-state index contributed by atoms with van der Waals surface area (Å²) in [5.41, 5.74) is 4.33. The van der Waals surface area contributed by atoms with Crippen molar-refractivity contribution in [3.63, 3.8) is 0 Å². The Bertz CT molecular complexity index is 339. The van der Waals surface area contributed by atoms with E-state index in [1.165, 1.54) is 5.57 Å². The summed E-state index contributed by atoms with van der Waals surface area (Å²) in [5.74, 6) is 0. The Kier molecular flexibility index (Phi) is 7.12. The minimum absolute atomic E-state index is 0.212. The first-order valence-electron chi connectivity index (χ1n) is 7.36. The van der Waals surface area contributed by atoms with E-state index in [-0.39, 0.29) is 6.04 Å². The van der Waals surface area contributed by atoms with E-state index < -0.39 is 9.04 Å². The van der Waals surface area contributed by atoms with E-state index >= 15 is 0 Å². The molecule has 20 heavy (non-hydrogen) atoms. The fraction of sp³-hybridized carbons (Fsp3) is 0.733. The van der Waals surface area contributed by atoms with Gasteiger partial charge in [0.2, 0.25) is 0 Å². The highest BCUT2D eigenvalue weighted by Gasteiger charge is 2.26. The van der Waals surface area contributed by atoms with Crippen molar-refractivity contribution in [1.29, 1.82) is 0 Å². The van der Waals surface area contributed by atoms with Crippen LogP contribution in [0.4, 0.5) is 0 Å². The summed E-state index contributed by atoms with van der Waals surface area (Å²) < 4.78 is 6.12. The molecule has 0 bridgehead atoms. The fourth-order valence-corrected chi connectivity index (χ4v) is 2.87. The number of nitrogens with one attached hydrogen (secondary N) is 2. The Morgan fingerprint density at radius 1 is 1.55 bits per heavy atom. The molecular formula is C15H30N2O2Si. The van der Waals surface area contributed by atoms with Crippen molar-refractivity contribution >= 4 is 9.04 Å². The molecule has 0 saturated carbocycles. The van der Waals surface area contributed by atoms with Crippen molar-refractivity contribution in [3.8, 4) is 0 Å². The minimum Gasteiger partial charge on any atom is -0.418 e. The third-order valence-corrected chi connectivity index (χ3v) is 6.90. The molecule has 0 aromatic heterocycles. The predicted octanol–water partition coefficient (Wildman–Crippen LogP) is 2.15. The average molecular weight is 299 g/mol. The van der Waals surface area contributed by atoms with Crippen LogP contribution in [0.2, 0.25) is 11.6 Å². The van der Waals surface area contributed by atoms with E-state index in [0.29, 0.717) is 17.7 Å². The lowest BCUT2D eigenvalue weighted by molar-refractivity contribution is 0.0436. The quantitative estimate of drug-likeness (QED) is 0.327. The summed E-state index contributed by atoms with van der Waals surface area (Å²) in [4.78, 5) is 5.27. The van der Waals surface area contributed by atoms with Crippen LogP contribution in [0.3, 0.4) is 0 Å². The molecule has 2 N–H and O–H groups in total. The lowest BCUT2D eigenvalue weighted by Gasteiger charge is -2.32. The van der Waals surface area contributed by atoms with Crippen LogP contribution in [0.5, 0.6) is 0 Å². The van der Waals surface area contributed by atoms with Crippen LogP contribution in [0.15, 0.2) is 24.3 Å². The predicted molar refractivity (Wildman–Crippen MR) is 87.3 cm³/mol. The SMILES string of the molecule is C=CCON[C@@H]1C=C(C)[C@@H](CO[SiH](C)C(C)(C)C)NC1. The van der Waals surface area contributed by atoms with E-state index in [1.807, 2.05) is 0 Å². The molecule has 4 nitrogen and oxygen atoms in total. The van der Waals surface area contributed by atoms with E-state index in [4.69, 9.17) is 9.26 Å². The summed E-state index contributed by atoms with van der Waals surface area (Å²) in [6.45, 7) is 17.0. The van der Waals surface area contributed by atoms with Crippen molar-refractivity contribution in [1.82, 2.24) is 10.8 Å². The zero-order valence-electron chi connectivity index (χ0n) is 13.5. The highest BCUT2D eigenvalue weighted by molar-refractivity contribution is 6.53. The van der Waals surface area contributed by atoms with Crippen LogP contribution < -0.4 is 10.8 Å². The largest absolute Gasteiger partial charge is 0.418 e. The van der Waals surface area contributed by atoms with Crippen molar-refractivity contribution in [2.45, 2.75) is 51.4 Å². The first kappa shape index (κ1) is 17.6. The van der Waals surface area contributed by atoms with Crippen LogP contribution in [-0.2, 0) is 9.26 Å². The van der Waals surface area contributed by atoms with Gasteiger partial charge < -0.3 is 9.74 Å². The van der Waals surface area contributed by atoms with Crippen molar-refractivity contribution < 1.29 is 9.26 Å². The standard InChI is InChI=1S/C15H30N2O2Si/c1-7-8-18-17-13-9-12(2)14(16-10-13)11-19-20(6)15(3,4)5/h7,9,13-14,16-17,20H,1,8,10-11H2,2-6H3/t13-,14-,20?/m1/s1. The van der Waals surface area contributed by atoms with Crippen LogP contribution in [0.1, 0.15) is 27.7 Å². The van der Waals surface area contributed by atoms with E-state index in [9.17, 15) is 0 Å². The Balaban J connectivity index is 2.39. The molecule has 1 rings (SSSR count). The first-order chi connectivity index (χ1) is 9.34. The topological polar surface area (TPSA) is 42.5 Å². The highest BCUT2D eigenvalue weighted by Crippen LogP contribution is 2.27. The maximum absolute atomic E-state index is 6.12. The van der Waals surface area contributed by atoms with Gasteiger partial charge in [-0.15, -0.1) is 6.58 Å². The second-order valence-corrected chi connectivity index (χ2v) is 9.89. The minimum atomic E-state index is -1.15. The molecular weight excluding hydrogens is 268 g/mol. The van der Waals surface area contributed by atoms with Gasteiger partial charge in [0.1, 0.15) is 0 Å². The molecule has 0 aliphatic carbocycles. The van der Waals surface area contributed by atoms with Crippen LogP contribution >= 0.6 is 0 Å². The molecule has 0 saturated heterocycles. The average Bonchev–Trinajstić information content (AvgIpc) is 2.36. The lowest BCUT2D eigenvalue weighted by Crippen LogP contribution is -2.48. The molecule has 0 fully saturated rings. The van der Waals surface area contributed by atoms with Gasteiger partial charge in [-0.25, -0.2) is 0 Å².